The second-order valence-corrected chi connectivity index (χ2v) is 14.4. The van der Waals surface area contributed by atoms with Crippen LogP contribution in [0.1, 0.15) is 62.9 Å². The number of aromatic nitrogens is 2. The summed E-state index contributed by atoms with van der Waals surface area (Å²) in [6, 6.07) is 4.68. The number of rotatable bonds is 4. The van der Waals surface area contributed by atoms with Gasteiger partial charge in [0.1, 0.15) is 34.0 Å². The quantitative estimate of drug-likeness (QED) is 0.206. The van der Waals surface area contributed by atoms with Gasteiger partial charge in [-0.15, -0.1) is 11.3 Å². The van der Waals surface area contributed by atoms with E-state index in [4.69, 9.17) is 27.3 Å². The van der Waals surface area contributed by atoms with Crippen molar-refractivity contribution >= 4 is 60.3 Å². The van der Waals surface area contributed by atoms with Gasteiger partial charge in [-0.1, -0.05) is 38.1 Å². The summed E-state index contributed by atoms with van der Waals surface area (Å²) in [5.41, 5.74) is 7.46. The molecule has 13 heteroatoms. The van der Waals surface area contributed by atoms with Crippen molar-refractivity contribution in [2.75, 3.05) is 43.4 Å². The van der Waals surface area contributed by atoms with Crippen molar-refractivity contribution in [3.05, 3.63) is 64.0 Å². The van der Waals surface area contributed by atoms with Crippen LogP contribution in [0.4, 0.5) is 28.4 Å². The van der Waals surface area contributed by atoms with Gasteiger partial charge in [-0.25, -0.2) is 18.7 Å². The Morgan fingerprint density at radius 3 is 2.76 bits per heavy atom. The van der Waals surface area contributed by atoms with Gasteiger partial charge in [0.15, 0.2) is 5.82 Å². The summed E-state index contributed by atoms with van der Waals surface area (Å²) >= 11 is 8.09. The molecule has 6 heterocycles. The Morgan fingerprint density at radius 2 is 2.00 bits per heavy atom. The molecule has 0 aliphatic carbocycles. The minimum Gasteiger partial charge on any atom is -0.389 e. The van der Waals surface area contributed by atoms with E-state index in [9.17, 15) is 14.0 Å². The molecule has 3 saturated heterocycles. The molecule has 0 spiro atoms. The van der Waals surface area contributed by atoms with E-state index in [2.05, 4.69) is 27.8 Å². The summed E-state index contributed by atoms with van der Waals surface area (Å²) in [7, 11) is 0. The van der Waals surface area contributed by atoms with Crippen LogP contribution < -0.4 is 16.0 Å². The lowest BCUT2D eigenvalue weighted by Gasteiger charge is -2.36. The second-order valence-electron chi connectivity index (χ2n) is 13.0. The van der Waals surface area contributed by atoms with Gasteiger partial charge in [-0.3, -0.25) is 4.90 Å². The number of thiophene rings is 1. The van der Waals surface area contributed by atoms with E-state index in [-0.39, 0.29) is 60.5 Å². The van der Waals surface area contributed by atoms with Gasteiger partial charge in [-0.2, -0.15) is 14.0 Å². The number of hydrogen-bond donors (Lipinski definition) is 2. The molecular formula is C36H36ClF4N7S. The molecule has 2 aromatic carbocycles. The first-order chi connectivity index (χ1) is 23.6. The lowest BCUT2D eigenvalue weighted by molar-refractivity contribution is 0.182. The molecule has 49 heavy (non-hydrogen) atoms. The number of hydrogen-bond acceptors (Lipinski definition) is 8. The second kappa shape index (κ2) is 12.8. The molecule has 0 amide bonds. The predicted octanol–water partition coefficient (Wildman–Crippen LogP) is 8.44. The first-order valence-electron chi connectivity index (χ1n) is 16.7. The van der Waals surface area contributed by atoms with Crippen molar-refractivity contribution < 1.29 is 17.6 Å². The molecule has 4 aromatic rings. The lowest BCUT2D eigenvalue weighted by atomic mass is 9.87. The molecular weight excluding hydrogens is 674 g/mol. The third kappa shape index (κ3) is 5.28. The van der Waals surface area contributed by atoms with Crippen molar-refractivity contribution in [3.8, 4) is 17.2 Å². The van der Waals surface area contributed by atoms with Gasteiger partial charge in [0.05, 0.1) is 20.7 Å². The van der Waals surface area contributed by atoms with Gasteiger partial charge < -0.3 is 16.0 Å². The number of piperazine rings is 1. The molecule has 0 radical (unpaired) electrons. The van der Waals surface area contributed by atoms with E-state index < -0.39 is 23.3 Å². The Hall–Kier alpha value is -3.76. The Labute approximate surface area is 291 Å². The maximum atomic E-state index is 17.2. The number of nitrogens with one attached hydrogen (secondary N) is 1. The zero-order valence-electron chi connectivity index (χ0n) is 27.3. The average molecular weight is 710 g/mol. The molecule has 2 atom stereocenters. The number of anilines is 2. The topological polar surface area (TPSA) is 94.1 Å². The number of aryl methyl sites for hydroxylation is 1. The van der Waals surface area contributed by atoms with E-state index in [0.29, 0.717) is 73.5 Å². The van der Waals surface area contributed by atoms with Crippen LogP contribution in [0.2, 0.25) is 5.02 Å². The van der Waals surface area contributed by atoms with Crippen LogP contribution in [0.5, 0.6) is 0 Å². The number of benzene rings is 2. The van der Waals surface area contributed by atoms with Gasteiger partial charge in [0.25, 0.3) is 6.08 Å². The zero-order valence-corrected chi connectivity index (χ0v) is 28.9. The molecule has 8 rings (SSSR count). The number of nitrogen functional groups attached to an aromatic ring is 1. The van der Waals surface area contributed by atoms with Crippen molar-refractivity contribution in [2.45, 2.75) is 64.0 Å². The van der Waals surface area contributed by atoms with Gasteiger partial charge in [0, 0.05) is 66.3 Å². The van der Waals surface area contributed by atoms with Crippen LogP contribution in [-0.2, 0) is 6.42 Å². The van der Waals surface area contributed by atoms with E-state index in [1.54, 1.807) is 0 Å². The maximum absolute atomic E-state index is 17.2. The van der Waals surface area contributed by atoms with Crippen molar-refractivity contribution in [1.82, 2.24) is 20.2 Å². The third-order valence-corrected chi connectivity index (χ3v) is 11.9. The number of fused-ring (bicyclic) bond motifs is 4. The fourth-order valence-corrected chi connectivity index (χ4v) is 9.67. The number of nitrogens with zero attached hydrogens (tertiary/aromatic N) is 5. The van der Waals surface area contributed by atoms with Crippen LogP contribution in [0.15, 0.2) is 30.4 Å². The summed E-state index contributed by atoms with van der Waals surface area (Å²) in [6.07, 6.45) is 1.89. The maximum Gasteiger partial charge on any atom is 0.270 e. The molecule has 3 N–H and O–H groups in total. The smallest absolute Gasteiger partial charge is 0.270 e. The molecule has 4 aliphatic rings. The standard InChI is InChI=1S/C34H30ClF4N7S.C2H6/c1-16-11-18-14-42-8-10-46(18)33-26-23(16)27(35)25(19-3-4-21(36)30-24(19)20(13-40)32(41)47-30)28(37)29(26)43-22(44-33)5-7-34-6-2-9-45(34)15-17(12-34)31(38)39;1-2/h3-4,18,42H,1-2,5-12,14-15,41H2;1-2H3/t18-,34?;/m1./s1. The van der Waals surface area contributed by atoms with Gasteiger partial charge in [-0.05, 0) is 55.9 Å². The fourth-order valence-electron chi connectivity index (χ4n) is 8.31. The summed E-state index contributed by atoms with van der Waals surface area (Å²) in [5, 5.41) is 14.3. The molecule has 4 aliphatic heterocycles. The fraction of sp³-hybridized carbons (Fsp3) is 0.417. The molecule has 0 saturated carbocycles. The van der Waals surface area contributed by atoms with Crippen molar-refractivity contribution in [1.29, 1.82) is 5.26 Å². The number of halogens is 5. The zero-order chi connectivity index (χ0) is 34.8. The van der Waals surface area contributed by atoms with Crippen LogP contribution in [-0.4, -0.2) is 59.2 Å². The van der Waals surface area contributed by atoms with Crippen LogP contribution in [0.25, 0.3) is 37.7 Å². The van der Waals surface area contributed by atoms with Crippen LogP contribution in [0, 0.1) is 23.0 Å². The van der Waals surface area contributed by atoms with Gasteiger partial charge >= 0.3 is 0 Å². The molecule has 7 nitrogen and oxygen atoms in total. The largest absolute Gasteiger partial charge is 0.389 e. The predicted molar refractivity (Wildman–Crippen MR) is 189 cm³/mol. The lowest BCUT2D eigenvalue weighted by Crippen LogP contribution is -2.51. The first kappa shape index (κ1) is 33.7. The highest BCUT2D eigenvalue weighted by Crippen LogP contribution is 2.51. The molecule has 256 valence electrons. The SMILES string of the molecule is C=C1C[C@@H]2CNCCN2c2nc(CCC34CCCN3CC(=C(F)F)C4)nc3c(F)c(-c4ccc(F)c5sc(N)c(C#N)c45)c(Cl)c1c23.CC. The van der Waals surface area contributed by atoms with Crippen LogP contribution in [0.3, 0.4) is 0 Å². The highest BCUT2D eigenvalue weighted by molar-refractivity contribution is 7.23. The van der Waals surface area contributed by atoms with E-state index in [1.807, 2.05) is 13.8 Å². The molecule has 1 unspecified atom stereocenters. The summed E-state index contributed by atoms with van der Waals surface area (Å²) < 4.78 is 59.7. The Balaban J connectivity index is 0.00000186. The molecule has 0 bridgehead atoms. The minimum absolute atomic E-state index is 0.00670. The Bertz CT molecular complexity index is 2100. The average Bonchev–Trinajstić information content (AvgIpc) is 3.74. The van der Waals surface area contributed by atoms with Crippen molar-refractivity contribution in [3.63, 3.8) is 0 Å². The number of nitrogens with two attached hydrogens (primary N) is 1. The van der Waals surface area contributed by atoms with Crippen LogP contribution >= 0.6 is 22.9 Å². The third-order valence-electron chi connectivity index (χ3n) is 10.5. The summed E-state index contributed by atoms with van der Waals surface area (Å²) in [5.74, 6) is -0.304. The molecule has 3 fully saturated rings. The Morgan fingerprint density at radius 1 is 1.20 bits per heavy atom. The first-order valence-corrected chi connectivity index (χ1v) is 17.9. The van der Waals surface area contributed by atoms with E-state index in [0.717, 1.165) is 30.7 Å². The molecule has 2 aromatic heterocycles. The Kier molecular flexibility index (Phi) is 8.84. The normalized spacial score (nSPS) is 21.8. The minimum atomic E-state index is -1.60. The highest BCUT2D eigenvalue weighted by Gasteiger charge is 2.47. The number of nitriles is 1. The van der Waals surface area contributed by atoms with E-state index in [1.165, 1.54) is 12.1 Å². The van der Waals surface area contributed by atoms with Crippen molar-refractivity contribution in [2.24, 2.45) is 0 Å². The monoisotopic (exact) mass is 709 g/mol. The van der Waals surface area contributed by atoms with E-state index >= 15 is 8.78 Å². The highest BCUT2D eigenvalue weighted by atomic mass is 35.5. The van der Waals surface area contributed by atoms with Gasteiger partial charge in [0.2, 0.25) is 0 Å². The summed E-state index contributed by atoms with van der Waals surface area (Å²) in [4.78, 5) is 14.2. The summed E-state index contributed by atoms with van der Waals surface area (Å²) in [6.45, 7) is 11.4.